The van der Waals surface area contributed by atoms with E-state index >= 15 is 0 Å². The number of benzene rings is 1. The van der Waals surface area contributed by atoms with E-state index in [1.165, 1.54) is 30.3 Å². The molecule has 2 aromatic rings. The maximum atomic E-state index is 12.4. The minimum Gasteiger partial charge on any atom is -0.480 e. The molecule has 0 aliphatic heterocycles. The molecule has 0 saturated carbocycles. The highest BCUT2D eigenvalue weighted by atomic mass is 32.2. The summed E-state index contributed by atoms with van der Waals surface area (Å²) in [5.41, 5.74) is 5.87. The number of nitrogens with one attached hydrogen (secondary N) is 4. The largest absolute Gasteiger partial charge is 0.480 e. The number of aliphatic carboxylic acids is 1. The molecule has 0 radical (unpaired) electrons. The van der Waals surface area contributed by atoms with Crippen molar-refractivity contribution in [2.24, 2.45) is 5.73 Å². The summed E-state index contributed by atoms with van der Waals surface area (Å²) in [6.45, 7) is 1.29. The van der Waals surface area contributed by atoms with Crippen molar-refractivity contribution in [1.29, 1.82) is 5.41 Å². The number of sulfonamides is 1. The molecule has 1 heterocycles. The van der Waals surface area contributed by atoms with Crippen LogP contribution in [0.15, 0.2) is 53.4 Å². The van der Waals surface area contributed by atoms with E-state index < -0.39 is 34.5 Å². The summed E-state index contributed by atoms with van der Waals surface area (Å²) in [4.78, 5) is 24.7. The van der Waals surface area contributed by atoms with Gasteiger partial charge in [0.25, 0.3) is 5.91 Å². The normalized spacial score (nSPS) is 12.8. The maximum absolute atomic E-state index is 12.4. The molecule has 30 heavy (non-hydrogen) atoms. The first kappa shape index (κ1) is 23.1. The molecule has 0 spiro atoms. The average Bonchev–Trinajstić information content (AvgIpc) is 3.19. The first-order valence-corrected chi connectivity index (χ1v) is 10.9. The SMILES string of the molecule is C/C=C(\NC(=N)N)c1ccc(C(=O)NC[C@H](NS(=O)(=O)c2ccccc2)C(=O)O)s1. The van der Waals surface area contributed by atoms with E-state index in [4.69, 9.17) is 11.1 Å². The van der Waals surface area contributed by atoms with Gasteiger partial charge >= 0.3 is 5.97 Å². The minimum atomic E-state index is -4.07. The topological polar surface area (TPSA) is 174 Å². The Morgan fingerprint density at radius 3 is 2.40 bits per heavy atom. The summed E-state index contributed by atoms with van der Waals surface area (Å²) in [7, 11) is -4.07. The van der Waals surface area contributed by atoms with Crippen LogP contribution in [0.25, 0.3) is 5.70 Å². The van der Waals surface area contributed by atoms with E-state index in [2.05, 4.69) is 15.4 Å². The van der Waals surface area contributed by atoms with Gasteiger partial charge in [-0.3, -0.25) is 15.0 Å². The number of hydrogen-bond donors (Lipinski definition) is 6. The van der Waals surface area contributed by atoms with E-state index in [-0.39, 0.29) is 15.7 Å². The summed E-state index contributed by atoms with van der Waals surface area (Å²) in [6.07, 6.45) is 1.69. The van der Waals surface area contributed by atoms with Gasteiger partial charge in [-0.15, -0.1) is 11.3 Å². The predicted octanol–water partition coefficient (Wildman–Crippen LogP) is 0.753. The average molecular weight is 452 g/mol. The number of carboxylic acids is 1. The van der Waals surface area contributed by atoms with Crippen LogP contribution in [0.3, 0.4) is 0 Å². The van der Waals surface area contributed by atoms with Gasteiger partial charge in [0.2, 0.25) is 10.0 Å². The van der Waals surface area contributed by atoms with Crippen molar-refractivity contribution in [3.63, 3.8) is 0 Å². The molecule has 1 amide bonds. The molecule has 10 nitrogen and oxygen atoms in total. The smallest absolute Gasteiger partial charge is 0.323 e. The summed E-state index contributed by atoms with van der Waals surface area (Å²) >= 11 is 1.10. The fourth-order valence-electron chi connectivity index (χ4n) is 2.34. The highest BCUT2D eigenvalue weighted by Gasteiger charge is 2.26. The molecule has 1 atom stereocenters. The second-order valence-electron chi connectivity index (χ2n) is 5.94. The Bertz CT molecular complexity index is 1060. The van der Waals surface area contributed by atoms with E-state index in [1.807, 2.05) is 0 Å². The van der Waals surface area contributed by atoms with Gasteiger partial charge in [-0.1, -0.05) is 24.3 Å². The lowest BCUT2D eigenvalue weighted by Gasteiger charge is -2.15. The fraction of sp³-hybridized carbons (Fsp3) is 0.167. The van der Waals surface area contributed by atoms with Gasteiger partial charge < -0.3 is 21.5 Å². The highest BCUT2D eigenvalue weighted by molar-refractivity contribution is 7.89. The number of thiophene rings is 1. The zero-order chi connectivity index (χ0) is 22.3. The zero-order valence-corrected chi connectivity index (χ0v) is 17.5. The van der Waals surface area contributed by atoms with Crippen LogP contribution >= 0.6 is 11.3 Å². The third-order valence-corrected chi connectivity index (χ3v) is 6.37. The Morgan fingerprint density at radius 1 is 1.20 bits per heavy atom. The summed E-state index contributed by atoms with van der Waals surface area (Å²) in [5.74, 6) is -2.24. The van der Waals surface area contributed by atoms with Crippen LogP contribution in [0.1, 0.15) is 21.5 Å². The van der Waals surface area contributed by atoms with Crippen LogP contribution in [0.2, 0.25) is 0 Å². The van der Waals surface area contributed by atoms with Gasteiger partial charge in [0, 0.05) is 6.54 Å². The van der Waals surface area contributed by atoms with Crippen LogP contribution in [0.4, 0.5) is 0 Å². The zero-order valence-electron chi connectivity index (χ0n) is 15.9. The Balaban J connectivity index is 2.06. The van der Waals surface area contributed by atoms with Crippen LogP contribution in [0.5, 0.6) is 0 Å². The maximum Gasteiger partial charge on any atom is 0.323 e. The molecule has 0 saturated heterocycles. The van der Waals surface area contributed by atoms with Crippen molar-refractivity contribution < 1.29 is 23.1 Å². The Kier molecular flexibility index (Phi) is 7.69. The predicted molar refractivity (Wildman–Crippen MR) is 114 cm³/mol. The molecular weight excluding hydrogens is 430 g/mol. The molecule has 7 N–H and O–H groups in total. The van der Waals surface area contributed by atoms with Gasteiger partial charge in [-0.05, 0) is 31.2 Å². The van der Waals surface area contributed by atoms with E-state index in [9.17, 15) is 23.1 Å². The molecule has 160 valence electrons. The van der Waals surface area contributed by atoms with Gasteiger partial charge in [-0.25, -0.2) is 8.42 Å². The second-order valence-corrected chi connectivity index (χ2v) is 8.74. The summed E-state index contributed by atoms with van der Waals surface area (Å²) < 4.78 is 26.7. The summed E-state index contributed by atoms with van der Waals surface area (Å²) in [6, 6.07) is 8.96. The van der Waals surface area contributed by atoms with Crippen molar-refractivity contribution in [2.45, 2.75) is 17.9 Å². The van der Waals surface area contributed by atoms with Gasteiger partial charge in [-0.2, -0.15) is 4.72 Å². The molecule has 1 aromatic heterocycles. The number of carboxylic acid groups (broad SMARTS) is 1. The number of hydrogen-bond acceptors (Lipinski definition) is 6. The summed E-state index contributed by atoms with van der Waals surface area (Å²) in [5, 5.41) is 21.7. The van der Waals surface area contributed by atoms with Crippen molar-refractivity contribution in [1.82, 2.24) is 15.4 Å². The molecule has 0 fully saturated rings. The number of allylic oxidation sites excluding steroid dienone is 1. The Labute approximate surface area is 177 Å². The molecule has 0 aliphatic carbocycles. The number of nitrogens with two attached hydrogens (primary N) is 1. The lowest BCUT2D eigenvalue weighted by molar-refractivity contribution is -0.138. The number of rotatable bonds is 9. The van der Waals surface area contributed by atoms with Crippen LogP contribution in [-0.2, 0) is 14.8 Å². The van der Waals surface area contributed by atoms with Crippen LogP contribution < -0.4 is 21.1 Å². The number of amides is 1. The van der Waals surface area contributed by atoms with E-state index in [0.717, 1.165) is 11.3 Å². The molecule has 0 aliphatic rings. The number of carbonyl (C=O) groups is 2. The number of carbonyl (C=O) groups excluding carboxylic acids is 1. The van der Waals surface area contributed by atoms with Gasteiger partial charge in [0.1, 0.15) is 6.04 Å². The standard InChI is InChI=1S/C18H21N5O5S2/c1-2-12(22-18(19)20)14-8-9-15(29-14)16(24)21-10-13(17(25)26)23-30(27,28)11-6-4-3-5-7-11/h2-9,13,23H,10H2,1H3,(H,21,24)(H,25,26)(H4,19,20,22)/b12-2-/t13-/m0/s1. The van der Waals surface area contributed by atoms with Crippen molar-refractivity contribution in [3.8, 4) is 0 Å². The third kappa shape index (κ3) is 6.14. The lowest BCUT2D eigenvalue weighted by atomic mass is 10.3. The molecule has 0 unspecified atom stereocenters. The molecular formula is C18H21N5O5S2. The van der Waals surface area contributed by atoms with Gasteiger partial charge in [0.15, 0.2) is 5.96 Å². The Morgan fingerprint density at radius 2 is 1.83 bits per heavy atom. The lowest BCUT2D eigenvalue weighted by Crippen LogP contribution is -2.48. The van der Waals surface area contributed by atoms with Gasteiger partial charge in [0.05, 0.1) is 20.3 Å². The fourth-order valence-corrected chi connectivity index (χ4v) is 4.51. The van der Waals surface area contributed by atoms with Crippen molar-refractivity contribution in [2.75, 3.05) is 6.54 Å². The molecule has 1 aromatic carbocycles. The van der Waals surface area contributed by atoms with Crippen LogP contribution in [-0.4, -0.2) is 43.9 Å². The first-order valence-electron chi connectivity index (χ1n) is 8.60. The van der Waals surface area contributed by atoms with E-state index in [0.29, 0.717) is 10.6 Å². The molecule has 2 rings (SSSR count). The monoisotopic (exact) mass is 451 g/mol. The Hall–Kier alpha value is -3.22. The van der Waals surface area contributed by atoms with E-state index in [1.54, 1.807) is 25.1 Å². The molecule has 0 bridgehead atoms. The second kappa shape index (κ2) is 10.0. The quantitative estimate of drug-likeness (QED) is 0.241. The molecule has 12 heteroatoms. The first-order chi connectivity index (χ1) is 14.1. The minimum absolute atomic E-state index is 0.0812. The van der Waals surface area contributed by atoms with Crippen LogP contribution in [0, 0.1) is 5.41 Å². The highest BCUT2D eigenvalue weighted by Crippen LogP contribution is 2.22. The number of guanidine groups is 1. The van der Waals surface area contributed by atoms with Crippen molar-refractivity contribution >= 4 is 44.9 Å². The third-order valence-electron chi connectivity index (χ3n) is 3.77. The van der Waals surface area contributed by atoms with Crippen molar-refractivity contribution in [3.05, 3.63) is 58.3 Å².